The normalized spacial score (nSPS) is 13.6. The van der Waals surface area contributed by atoms with Crippen LogP contribution in [0.4, 0.5) is 0 Å². The number of para-hydroxylation sites is 1. The van der Waals surface area contributed by atoms with Crippen molar-refractivity contribution in [1.29, 1.82) is 5.41 Å². The molecule has 0 bridgehead atoms. The molecule has 8 nitrogen and oxygen atoms in total. The Hall–Kier alpha value is -2.75. The summed E-state index contributed by atoms with van der Waals surface area (Å²) in [6.07, 6.45) is 0.748. The van der Waals surface area contributed by atoms with Crippen LogP contribution in [0.3, 0.4) is 0 Å². The average Bonchev–Trinajstić information content (AvgIpc) is 3.10. The van der Waals surface area contributed by atoms with Crippen LogP contribution in [-0.4, -0.2) is 48.0 Å². The Morgan fingerprint density at radius 1 is 1.33 bits per heavy atom. The van der Waals surface area contributed by atoms with E-state index < -0.39 is 5.91 Å². The molecule has 3 rings (SSSR count). The van der Waals surface area contributed by atoms with Gasteiger partial charge in [-0.25, -0.2) is 5.48 Å². The standard InChI is InChI=1S/C18H20N4O4S/c1-26-13-5-3-2-4-12(13)17(23)20-16(19)10-22-7-6-11-8-14(18(24)21-25)27-15(11)9-22/h2-5,8,25H,6-7,9-10H2,1H3,(H,21,24)(H2,19,20,23). The highest BCUT2D eigenvalue weighted by molar-refractivity contribution is 7.14. The van der Waals surface area contributed by atoms with Gasteiger partial charge in [-0.15, -0.1) is 11.3 Å². The molecular weight excluding hydrogens is 368 g/mol. The fourth-order valence-corrected chi connectivity index (χ4v) is 4.12. The first kappa shape index (κ1) is 19.0. The monoisotopic (exact) mass is 388 g/mol. The molecule has 1 aromatic heterocycles. The van der Waals surface area contributed by atoms with Gasteiger partial charge in [0.25, 0.3) is 11.8 Å². The minimum Gasteiger partial charge on any atom is -0.496 e. The molecule has 2 amide bonds. The fraction of sp³-hybridized carbons (Fsp3) is 0.278. The van der Waals surface area contributed by atoms with Gasteiger partial charge in [-0.3, -0.25) is 25.1 Å². The lowest BCUT2D eigenvalue weighted by Gasteiger charge is -2.26. The lowest BCUT2D eigenvalue weighted by molar-refractivity contribution is 0.0711. The number of hydroxylamine groups is 1. The minimum atomic E-state index is -0.516. The number of carbonyl (C=O) groups excluding carboxylic acids is 2. The molecule has 0 saturated heterocycles. The second-order valence-corrected chi connectivity index (χ2v) is 7.23. The molecule has 1 aliphatic heterocycles. The van der Waals surface area contributed by atoms with Gasteiger partial charge in [0.05, 0.1) is 24.1 Å². The van der Waals surface area contributed by atoms with Crippen LogP contribution in [0, 0.1) is 5.41 Å². The zero-order valence-corrected chi connectivity index (χ0v) is 15.6. The summed E-state index contributed by atoms with van der Waals surface area (Å²) >= 11 is 1.33. The molecule has 2 heterocycles. The second kappa shape index (κ2) is 8.30. The maximum absolute atomic E-state index is 12.4. The van der Waals surface area contributed by atoms with Crippen molar-refractivity contribution in [3.8, 4) is 5.75 Å². The summed E-state index contributed by atoms with van der Waals surface area (Å²) in [6.45, 7) is 1.60. The number of amidine groups is 1. The Morgan fingerprint density at radius 2 is 2.11 bits per heavy atom. The largest absolute Gasteiger partial charge is 0.496 e. The number of thiophene rings is 1. The van der Waals surface area contributed by atoms with E-state index in [0.29, 0.717) is 29.3 Å². The third-order valence-electron chi connectivity index (χ3n) is 4.28. The number of hydrogen-bond donors (Lipinski definition) is 4. The predicted octanol–water partition coefficient (Wildman–Crippen LogP) is 1.64. The average molecular weight is 388 g/mol. The van der Waals surface area contributed by atoms with Crippen LogP contribution in [0.5, 0.6) is 5.75 Å². The number of amides is 2. The number of carbonyl (C=O) groups is 2. The number of nitrogens with zero attached hydrogens (tertiary/aromatic N) is 1. The van der Waals surface area contributed by atoms with E-state index in [9.17, 15) is 9.59 Å². The Kier molecular flexibility index (Phi) is 5.84. The van der Waals surface area contributed by atoms with Crippen molar-refractivity contribution in [2.24, 2.45) is 0 Å². The van der Waals surface area contributed by atoms with Crippen LogP contribution in [0.25, 0.3) is 0 Å². The fourth-order valence-electron chi connectivity index (χ4n) is 2.97. The number of rotatable bonds is 5. The number of fused-ring (bicyclic) bond motifs is 1. The highest BCUT2D eigenvalue weighted by Crippen LogP contribution is 2.28. The van der Waals surface area contributed by atoms with Crippen molar-refractivity contribution in [2.45, 2.75) is 13.0 Å². The van der Waals surface area contributed by atoms with Gasteiger partial charge >= 0.3 is 0 Å². The smallest absolute Gasteiger partial charge is 0.284 e. The van der Waals surface area contributed by atoms with Gasteiger partial charge in [0, 0.05) is 18.0 Å². The lowest BCUT2D eigenvalue weighted by atomic mass is 10.1. The van der Waals surface area contributed by atoms with Gasteiger partial charge < -0.3 is 10.1 Å². The zero-order chi connectivity index (χ0) is 19.4. The maximum atomic E-state index is 12.4. The molecule has 0 saturated carbocycles. The van der Waals surface area contributed by atoms with E-state index in [2.05, 4.69) is 5.32 Å². The molecule has 9 heteroatoms. The van der Waals surface area contributed by atoms with Gasteiger partial charge in [-0.1, -0.05) is 12.1 Å². The molecule has 0 radical (unpaired) electrons. The number of nitrogens with one attached hydrogen (secondary N) is 3. The highest BCUT2D eigenvalue weighted by Gasteiger charge is 2.22. The Bertz CT molecular complexity index is 880. The Labute approximate surface area is 160 Å². The summed E-state index contributed by atoms with van der Waals surface area (Å²) in [5.41, 5.74) is 3.11. The lowest BCUT2D eigenvalue weighted by Crippen LogP contribution is -2.41. The molecule has 0 spiro atoms. The van der Waals surface area contributed by atoms with Gasteiger partial charge in [0.15, 0.2) is 0 Å². The highest BCUT2D eigenvalue weighted by atomic mass is 32.1. The maximum Gasteiger partial charge on any atom is 0.284 e. The van der Waals surface area contributed by atoms with Gasteiger partial charge in [0.1, 0.15) is 11.6 Å². The second-order valence-electron chi connectivity index (χ2n) is 6.09. The molecule has 142 valence electrons. The van der Waals surface area contributed by atoms with E-state index in [1.54, 1.807) is 35.8 Å². The van der Waals surface area contributed by atoms with Crippen molar-refractivity contribution >= 4 is 29.0 Å². The van der Waals surface area contributed by atoms with Crippen LogP contribution >= 0.6 is 11.3 Å². The van der Waals surface area contributed by atoms with E-state index in [4.69, 9.17) is 15.4 Å². The number of methoxy groups -OCH3 is 1. The summed E-state index contributed by atoms with van der Waals surface area (Å²) in [5, 5.41) is 19.5. The minimum absolute atomic E-state index is 0.0965. The molecule has 1 aliphatic rings. The number of benzene rings is 1. The molecule has 27 heavy (non-hydrogen) atoms. The Balaban J connectivity index is 1.59. The van der Waals surface area contributed by atoms with Crippen molar-refractivity contribution in [1.82, 2.24) is 15.7 Å². The summed E-state index contributed by atoms with van der Waals surface area (Å²) in [4.78, 5) is 27.4. The van der Waals surface area contributed by atoms with Crippen molar-refractivity contribution in [2.75, 3.05) is 20.2 Å². The molecule has 1 aromatic carbocycles. The molecule has 0 atom stereocenters. The summed E-state index contributed by atoms with van der Waals surface area (Å²) < 4.78 is 5.18. The van der Waals surface area contributed by atoms with E-state index in [0.717, 1.165) is 23.4 Å². The number of hydrogen-bond acceptors (Lipinski definition) is 7. The molecule has 4 N–H and O–H groups in total. The van der Waals surface area contributed by atoms with Crippen LogP contribution in [0.15, 0.2) is 30.3 Å². The van der Waals surface area contributed by atoms with E-state index in [1.807, 2.05) is 4.90 Å². The van der Waals surface area contributed by atoms with Crippen LogP contribution in [0.1, 0.15) is 30.5 Å². The number of ether oxygens (including phenoxy) is 1. The quantitative estimate of drug-likeness (QED) is 0.269. The third kappa shape index (κ3) is 4.33. The van der Waals surface area contributed by atoms with E-state index in [1.165, 1.54) is 18.4 Å². The summed E-state index contributed by atoms with van der Waals surface area (Å²) in [7, 11) is 1.50. The topological polar surface area (TPSA) is 115 Å². The first-order valence-corrected chi connectivity index (χ1v) is 9.13. The van der Waals surface area contributed by atoms with E-state index >= 15 is 0 Å². The molecule has 0 unspecified atom stereocenters. The third-order valence-corrected chi connectivity index (χ3v) is 5.45. The molecule has 2 aromatic rings. The van der Waals surface area contributed by atoms with Crippen LogP contribution in [-0.2, 0) is 13.0 Å². The Morgan fingerprint density at radius 3 is 2.85 bits per heavy atom. The SMILES string of the molecule is COc1ccccc1C(=O)NC(=N)CN1CCc2cc(C(=O)NO)sc2C1. The zero-order valence-electron chi connectivity index (χ0n) is 14.7. The van der Waals surface area contributed by atoms with Crippen LogP contribution in [0.2, 0.25) is 0 Å². The van der Waals surface area contributed by atoms with Crippen molar-refractivity contribution in [3.05, 3.63) is 51.2 Å². The molecule has 0 aliphatic carbocycles. The predicted molar refractivity (Wildman–Crippen MR) is 101 cm³/mol. The summed E-state index contributed by atoms with van der Waals surface area (Å²) in [5.74, 6) is -0.344. The van der Waals surface area contributed by atoms with Gasteiger partial charge in [0.2, 0.25) is 0 Å². The van der Waals surface area contributed by atoms with Gasteiger partial charge in [-0.2, -0.15) is 0 Å². The first-order chi connectivity index (χ1) is 13.0. The first-order valence-electron chi connectivity index (χ1n) is 8.32. The van der Waals surface area contributed by atoms with Crippen LogP contribution < -0.4 is 15.5 Å². The molecule has 0 fully saturated rings. The van der Waals surface area contributed by atoms with Crippen molar-refractivity contribution in [3.63, 3.8) is 0 Å². The summed E-state index contributed by atoms with van der Waals surface area (Å²) in [6, 6.07) is 8.65. The molecular formula is C18H20N4O4S. The van der Waals surface area contributed by atoms with Crippen molar-refractivity contribution < 1.29 is 19.5 Å². The van der Waals surface area contributed by atoms with Gasteiger partial charge in [-0.05, 0) is 30.2 Å². The van der Waals surface area contributed by atoms with E-state index in [-0.39, 0.29) is 11.7 Å².